The Morgan fingerprint density at radius 3 is 1.45 bits per heavy atom. The molecule has 1 N–H and O–H groups in total. The van der Waals surface area contributed by atoms with Crippen LogP contribution >= 0.6 is 23.5 Å². The van der Waals surface area contributed by atoms with Crippen molar-refractivity contribution in [2.75, 3.05) is 30.3 Å². The van der Waals surface area contributed by atoms with Crippen LogP contribution in [0.15, 0.2) is 77.4 Å². The van der Waals surface area contributed by atoms with Crippen molar-refractivity contribution in [2.24, 2.45) is 4.99 Å². The summed E-state index contributed by atoms with van der Waals surface area (Å²) in [6.45, 7) is 4.04. The number of nitrogens with one attached hydrogen (secondary N) is 1. The molecule has 2 rings (SSSR count). The minimum Gasteiger partial charge on any atom is -0.359 e. The number of nitrogens with zero attached hydrogens (tertiary/aromatic N) is 1. The Hall–Kier alpha value is -0.273. The zero-order valence-corrected chi connectivity index (χ0v) is 26.9. The molecule has 184 valence electrons. The summed E-state index contributed by atoms with van der Waals surface area (Å²) in [6, 6.07) is 20.1. The van der Waals surface area contributed by atoms with Gasteiger partial charge in [-0.3, -0.25) is 4.99 Å². The number of anilines is 1. The molecular formula is C25H42N2Pt2S2. The summed E-state index contributed by atoms with van der Waals surface area (Å²) in [5.74, 6) is 0. The van der Waals surface area contributed by atoms with Crippen molar-refractivity contribution in [2.45, 2.75) is 13.8 Å². The summed E-state index contributed by atoms with van der Waals surface area (Å²) in [7, 11) is 0. The summed E-state index contributed by atoms with van der Waals surface area (Å²) in [4.78, 5) is 4.54. The van der Waals surface area contributed by atoms with Gasteiger partial charge in [-0.1, -0.05) is 36.4 Å². The summed E-state index contributed by atoms with van der Waals surface area (Å²) in [6.07, 6.45) is 10.2. The van der Waals surface area contributed by atoms with E-state index in [2.05, 4.69) is 10.3 Å². The maximum Gasteiger partial charge on any atom is 2.00 e. The third-order valence-electron chi connectivity index (χ3n) is 2.60. The molecule has 0 radical (unpaired) electrons. The van der Waals surface area contributed by atoms with Crippen LogP contribution in [0.5, 0.6) is 0 Å². The first-order valence-electron chi connectivity index (χ1n) is 7.98. The van der Waals surface area contributed by atoms with Gasteiger partial charge < -0.3 is 35.0 Å². The Balaban J connectivity index is -0.0000000869. The molecule has 0 fully saturated rings. The number of allylic oxidation sites excluding steroid dienone is 2. The van der Waals surface area contributed by atoms with Gasteiger partial charge in [-0.15, -0.1) is 0 Å². The standard InChI is InChI=1S/C17H18N2.2C2H6S.4CH3.2Pt/c1-14(18-16-9-5-3-6-10-16)13-15(2)19-17-11-7-4-8-12-17;2*1-3-2;;;;;;/h3-13,18H,1-2H3;2*1-2H3;4*1H3;;/q;;;4*-1;2*+2/b14-13-,19-15?;;;;;;;;. The van der Waals surface area contributed by atoms with E-state index in [0.29, 0.717) is 0 Å². The van der Waals surface area contributed by atoms with E-state index in [0.717, 1.165) is 22.8 Å². The van der Waals surface area contributed by atoms with Gasteiger partial charge in [0.05, 0.1) is 5.69 Å². The topological polar surface area (TPSA) is 24.4 Å². The van der Waals surface area contributed by atoms with Gasteiger partial charge in [0.25, 0.3) is 0 Å². The van der Waals surface area contributed by atoms with Crippen LogP contribution < -0.4 is 5.32 Å². The van der Waals surface area contributed by atoms with Crippen molar-refractivity contribution in [1.82, 2.24) is 0 Å². The van der Waals surface area contributed by atoms with Crippen molar-refractivity contribution in [1.29, 1.82) is 0 Å². The molecule has 0 aromatic heterocycles. The van der Waals surface area contributed by atoms with Gasteiger partial charge in [-0.05, 0) is 69.2 Å². The van der Waals surface area contributed by atoms with Crippen LogP contribution in [-0.4, -0.2) is 30.7 Å². The summed E-state index contributed by atoms with van der Waals surface area (Å²) in [5, 5.41) is 3.34. The van der Waals surface area contributed by atoms with Crippen LogP contribution in [0, 0.1) is 29.7 Å². The van der Waals surface area contributed by atoms with Gasteiger partial charge in [0.1, 0.15) is 0 Å². The van der Waals surface area contributed by atoms with Crippen LogP contribution in [-0.2, 0) is 42.1 Å². The van der Waals surface area contributed by atoms with Crippen LogP contribution in [0.1, 0.15) is 13.8 Å². The molecule has 2 aromatic carbocycles. The maximum absolute atomic E-state index is 4.54. The zero-order chi connectivity index (χ0) is 18.9. The Labute approximate surface area is 232 Å². The number of thioether (sulfide) groups is 2. The average Bonchev–Trinajstić information content (AvgIpc) is 2.58. The van der Waals surface area contributed by atoms with E-state index >= 15 is 0 Å². The fraction of sp³-hybridized carbons (Fsp3) is 0.240. The third kappa shape index (κ3) is 29.7. The van der Waals surface area contributed by atoms with E-state index in [1.165, 1.54) is 0 Å². The number of hydrogen-bond acceptors (Lipinski definition) is 4. The molecule has 0 amide bonds. The first-order chi connectivity index (χ1) is 12.1. The molecule has 0 bridgehead atoms. The zero-order valence-electron chi connectivity index (χ0n) is 20.7. The number of aliphatic imine (C=N–C) groups is 1. The summed E-state index contributed by atoms with van der Waals surface area (Å²) >= 11 is 3.50. The second-order valence-electron chi connectivity index (χ2n) is 5.22. The quantitative estimate of drug-likeness (QED) is 0.247. The summed E-state index contributed by atoms with van der Waals surface area (Å²) in [5.41, 5.74) is 4.11. The molecule has 31 heavy (non-hydrogen) atoms. The van der Waals surface area contributed by atoms with E-state index in [9.17, 15) is 0 Å². The Bertz CT molecular complexity index is 618. The van der Waals surface area contributed by atoms with E-state index in [1.54, 1.807) is 23.5 Å². The maximum atomic E-state index is 4.54. The molecule has 0 aliphatic heterocycles. The molecule has 0 atom stereocenters. The molecule has 6 heteroatoms. The Morgan fingerprint density at radius 1 is 0.710 bits per heavy atom. The summed E-state index contributed by atoms with van der Waals surface area (Å²) < 4.78 is 0. The number of para-hydroxylation sites is 2. The molecule has 0 aliphatic carbocycles. The van der Waals surface area contributed by atoms with Gasteiger partial charge in [-0.2, -0.15) is 23.5 Å². The monoisotopic (exact) mass is 824 g/mol. The van der Waals surface area contributed by atoms with Gasteiger partial charge in [-0.25, -0.2) is 0 Å². The number of hydrogen-bond donors (Lipinski definition) is 1. The van der Waals surface area contributed by atoms with Crippen molar-refractivity contribution in [3.63, 3.8) is 0 Å². The second kappa shape index (κ2) is 34.3. The normalized spacial score (nSPS) is 8.71. The van der Waals surface area contributed by atoms with Gasteiger partial charge >= 0.3 is 42.1 Å². The predicted octanol–water partition coefficient (Wildman–Crippen LogP) is 8.55. The van der Waals surface area contributed by atoms with Crippen LogP contribution in [0.25, 0.3) is 0 Å². The SMILES string of the molecule is CC(/C=C(/C)Nc1ccccc1)=Nc1ccccc1.CSC.CSC.[CH3-].[CH3-].[CH3-].[CH3-].[Pt+2].[Pt+2]. The van der Waals surface area contributed by atoms with Crippen LogP contribution in [0.3, 0.4) is 0 Å². The Kier molecular flexibility index (Phi) is 53.4. The Morgan fingerprint density at radius 2 is 1.06 bits per heavy atom. The van der Waals surface area contributed by atoms with Gasteiger partial charge in [0, 0.05) is 17.1 Å². The minimum absolute atomic E-state index is 0. The molecule has 2 aromatic rings. The van der Waals surface area contributed by atoms with Crippen molar-refractivity contribution in [3.05, 3.63) is 102 Å². The van der Waals surface area contributed by atoms with Crippen molar-refractivity contribution in [3.8, 4) is 0 Å². The molecule has 0 saturated heterocycles. The largest absolute Gasteiger partial charge is 2.00 e. The third-order valence-corrected chi connectivity index (χ3v) is 2.60. The second-order valence-corrected chi connectivity index (χ2v) is 6.86. The smallest absolute Gasteiger partial charge is 0.359 e. The molecule has 0 aliphatic rings. The first kappa shape index (κ1) is 48.2. The molecular weight excluding hydrogens is 783 g/mol. The molecule has 0 heterocycles. The van der Waals surface area contributed by atoms with Gasteiger partial charge in [0.2, 0.25) is 0 Å². The molecule has 2 nitrogen and oxygen atoms in total. The van der Waals surface area contributed by atoms with Crippen molar-refractivity contribution >= 4 is 40.6 Å². The minimum atomic E-state index is 0. The molecule has 0 unspecified atom stereocenters. The molecule has 0 spiro atoms. The number of rotatable bonds is 4. The van der Waals surface area contributed by atoms with Crippen molar-refractivity contribution < 1.29 is 42.1 Å². The fourth-order valence-corrected chi connectivity index (χ4v) is 1.84. The molecule has 0 saturated carbocycles. The van der Waals surface area contributed by atoms with Crippen LogP contribution in [0.2, 0.25) is 0 Å². The first-order valence-corrected chi connectivity index (χ1v) is 11.2. The van der Waals surface area contributed by atoms with E-state index in [1.807, 2.05) is 106 Å². The van der Waals surface area contributed by atoms with Gasteiger partial charge in [0.15, 0.2) is 0 Å². The predicted molar refractivity (Wildman–Crippen MR) is 148 cm³/mol. The fourth-order valence-electron chi connectivity index (χ4n) is 1.84. The van der Waals surface area contributed by atoms with E-state index in [-0.39, 0.29) is 71.8 Å². The van der Waals surface area contributed by atoms with E-state index < -0.39 is 0 Å². The van der Waals surface area contributed by atoms with E-state index in [4.69, 9.17) is 0 Å². The van der Waals surface area contributed by atoms with Crippen LogP contribution in [0.4, 0.5) is 11.4 Å². The average molecular weight is 825 g/mol. The number of benzene rings is 2.